The number of alkyl halides is 3. The van der Waals surface area contributed by atoms with Crippen molar-refractivity contribution in [3.05, 3.63) is 39.8 Å². The maximum absolute atomic E-state index is 12.5. The van der Waals surface area contributed by atoms with Crippen LogP contribution in [-0.4, -0.2) is 24.4 Å². The molecule has 0 aliphatic heterocycles. The molecule has 0 atom stereocenters. The lowest BCUT2D eigenvalue weighted by Crippen LogP contribution is -2.39. The van der Waals surface area contributed by atoms with Crippen LogP contribution < -0.4 is 11.2 Å². The number of halogens is 4. The number of rotatable bonds is 3. The van der Waals surface area contributed by atoms with Crippen LogP contribution in [0.4, 0.5) is 13.2 Å². The summed E-state index contributed by atoms with van der Waals surface area (Å²) in [6, 6.07) is 0. The van der Waals surface area contributed by atoms with Crippen molar-refractivity contribution in [1.82, 2.24) is 18.2 Å². The number of aromatic nitrogens is 4. The van der Waals surface area contributed by atoms with Gasteiger partial charge in [-0.05, 0) is 0 Å². The van der Waals surface area contributed by atoms with Crippen molar-refractivity contribution in [2.75, 3.05) is 0 Å². The van der Waals surface area contributed by atoms with Gasteiger partial charge >= 0.3 is 11.9 Å². The highest BCUT2D eigenvalue weighted by molar-refractivity contribution is 6.15. The van der Waals surface area contributed by atoms with Crippen LogP contribution >= 0.6 is 11.8 Å². The minimum atomic E-state index is -4.65. The lowest BCUT2D eigenvalue weighted by Gasteiger charge is -2.10. The molecule has 2 rings (SSSR count). The Bertz CT molecular complexity index is 787. The average Bonchev–Trinajstić information content (AvgIpc) is 2.75. The Hall–Kier alpha value is -2.03. The molecule has 20 heavy (non-hydrogen) atoms. The van der Waals surface area contributed by atoms with Crippen molar-refractivity contribution >= 4 is 22.9 Å². The van der Waals surface area contributed by atoms with Crippen molar-refractivity contribution in [3.8, 4) is 0 Å². The van der Waals surface area contributed by atoms with Crippen LogP contribution in [0.2, 0.25) is 0 Å². The molecule has 0 bridgehead atoms. The maximum atomic E-state index is 12.5. The number of nitrogens with zero attached hydrogens (tertiary/aromatic N) is 4. The zero-order valence-electron chi connectivity index (χ0n) is 9.89. The van der Waals surface area contributed by atoms with Gasteiger partial charge in [-0.25, -0.2) is 9.78 Å². The lowest BCUT2D eigenvalue weighted by atomic mass is 10.4. The molecule has 10 heteroatoms. The highest BCUT2D eigenvalue weighted by Gasteiger charge is 2.31. The second-order valence-electron chi connectivity index (χ2n) is 3.93. The molecule has 108 valence electrons. The molecule has 0 N–H and O–H groups in total. The van der Waals surface area contributed by atoms with E-state index in [0.717, 1.165) is 6.33 Å². The molecule has 0 saturated carbocycles. The summed E-state index contributed by atoms with van der Waals surface area (Å²) in [4.78, 5) is 27.2. The number of allylic oxidation sites excluding steroid dienone is 1. The van der Waals surface area contributed by atoms with E-state index in [9.17, 15) is 22.8 Å². The van der Waals surface area contributed by atoms with E-state index < -0.39 is 24.0 Å². The van der Waals surface area contributed by atoms with Crippen molar-refractivity contribution in [2.45, 2.75) is 19.3 Å². The van der Waals surface area contributed by atoms with Crippen molar-refractivity contribution in [2.24, 2.45) is 0 Å². The molecule has 0 fully saturated rings. The number of fused-ring (bicyclic) bond motifs is 1. The SMILES string of the molecule is C=CCn1cnc2c1c(=O)n(Cl)c(=O)n2CC(F)(F)F. The van der Waals surface area contributed by atoms with Gasteiger partial charge < -0.3 is 4.57 Å². The summed E-state index contributed by atoms with van der Waals surface area (Å²) in [6.07, 6.45) is -2.07. The number of hydrogen-bond acceptors (Lipinski definition) is 3. The van der Waals surface area contributed by atoms with Gasteiger partial charge in [-0.15, -0.1) is 6.58 Å². The molecule has 0 unspecified atom stereocenters. The third kappa shape index (κ3) is 2.36. The van der Waals surface area contributed by atoms with Crippen molar-refractivity contribution in [1.29, 1.82) is 0 Å². The van der Waals surface area contributed by atoms with Crippen molar-refractivity contribution < 1.29 is 13.2 Å². The van der Waals surface area contributed by atoms with Crippen LogP contribution in [0.15, 0.2) is 28.6 Å². The Balaban J connectivity index is 2.85. The summed E-state index contributed by atoms with van der Waals surface area (Å²) in [6.45, 7) is 2.02. The summed E-state index contributed by atoms with van der Waals surface area (Å²) in [5.41, 5.74) is -2.77. The topological polar surface area (TPSA) is 61.8 Å². The second kappa shape index (κ2) is 4.82. The molecule has 0 amide bonds. The third-order valence-electron chi connectivity index (χ3n) is 2.52. The molecule has 2 aromatic heterocycles. The van der Waals surface area contributed by atoms with Crippen LogP contribution in [0, 0.1) is 0 Å². The minimum absolute atomic E-state index is 0.106. The Labute approximate surface area is 114 Å². The van der Waals surface area contributed by atoms with E-state index in [2.05, 4.69) is 11.6 Å². The zero-order chi connectivity index (χ0) is 15.1. The average molecular weight is 309 g/mol. The van der Waals surface area contributed by atoms with E-state index in [4.69, 9.17) is 11.8 Å². The predicted octanol–water partition coefficient (Wildman–Crippen LogP) is 1.11. The first-order valence-corrected chi connectivity index (χ1v) is 5.64. The van der Waals surface area contributed by atoms with Crippen molar-refractivity contribution in [3.63, 3.8) is 0 Å². The van der Waals surface area contributed by atoms with Gasteiger partial charge in [-0.2, -0.15) is 17.3 Å². The van der Waals surface area contributed by atoms with E-state index >= 15 is 0 Å². The first-order chi connectivity index (χ1) is 9.26. The molecule has 2 aromatic rings. The van der Waals surface area contributed by atoms with Gasteiger partial charge in [0.1, 0.15) is 6.54 Å². The van der Waals surface area contributed by atoms with Gasteiger partial charge in [-0.1, -0.05) is 6.08 Å². The summed E-state index contributed by atoms with van der Waals surface area (Å²) in [7, 11) is 0. The fourth-order valence-electron chi connectivity index (χ4n) is 1.76. The van der Waals surface area contributed by atoms with E-state index in [1.807, 2.05) is 0 Å². The fraction of sp³-hybridized carbons (Fsp3) is 0.300. The van der Waals surface area contributed by atoms with E-state index in [0.29, 0.717) is 4.57 Å². The Morgan fingerprint density at radius 2 is 2.05 bits per heavy atom. The highest BCUT2D eigenvalue weighted by Crippen LogP contribution is 2.18. The molecule has 0 saturated heterocycles. The smallest absolute Gasteiger partial charge is 0.321 e. The maximum Gasteiger partial charge on any atom is 0.406 e. The van der Waals surface area contributed by atoms with Crippen LogP contribution in [-0.2, 0) is 13.1 Å². The number of imidazole rings is 1. The quantitative estimate of drug-likeness (QED) is 0.798. The molecular weight excluding hydrogens is 301 g/mol. The minimum Gasteiger partial charge on any atom is -0.321 e. The molecule has 0 aromatic carbocycles. The first-order valence-electron chi connectivity index (χ1n) is 5.30. The Morgan fingerprint density at radius 3 is 2.60 bits per heavy atom. The molecule has 0 aliphatic carbocycles. The van der Waals surface area contributed by atoms with Crippen LogP contribution in [0.1, 0.15) is 0 Å². The first kappa shape index (κ1) is 14.4. The Morgan fingerprint density at radius 1 is 1.40 bits per heavy atom. The van der Waals surface area contributed by atoms with Gasteiger partial charge in [0, 0.05) is 18.3 Å². The second-order valence-corrected chi connectivity index (χ2v) is 4.27. The largest absolute Gasteiger partial charge is 0.406 e. The molecule has 0 aliphatic rings. The van der Waals surface area contributed by atoms with Gasteiger partial charge in [-0.3, -0.25) is 9.36 Å². The predicted molar refractivity (Wildman–Crippen MR) is 65.8 cm³/mol. The zero-order valence-corrected chi connectivity index (χ0v) is 10.6. The fourth-order valence-corrected chi connectivity index (χ4v) is 1.93. The standard InChI is InChI=1S/C10H8ClF3N4O2/c1-2-3-16-5-15-7-6(16)8(19)18(11)9(20)17(7)4-10(12,13)14/h2,5H,1,3-4H2. The number of hydrogen-bond donors (Lipinski definition) is 0. The van der Waals surface area contributed by atoms with Crippen LogP contribution in [0.3, 0.4) is 0 Å². The molecular formula is C10H8ClF3N4O2. The molecule has 2 heterocycles. The van der Waals surface area contributed by atoms with Gasteiger partial charge in [0.25, 0.3) is 5.56 Å². The summed E-state index contributed by atoms with van der Waals surface area (Å²) in [5, 5.41) is 0. The normalized spacial score (nSPS) is 12.0. The monoisotopic (exact) mass is 308 g/mol. The Kier molecular flexibility index (Phi) is 3.46. The molecule has 0 spiro atoms. The molecule has 6 nitrogen and oxygen atoms in total. The van der Waals surface area contributed by atoms with Gasteiger partial charge in [0.2, 0.25) is 0 Å². The van der Waals surface area contributed by atoms with E-state index in [1.165, 1.54) is 10.6 Å². The molecule has 0 radical (unpaired) electrons. The van der Waals surface area contributed by atoms with Gasteiger partial charge in [0.05, 0.1) is 6.33 Å². The summed E-state index contributed by atoms with van der Waals surface area (Å²) < 4.78 is 39.2. The summed E-state index contributed by atoms with van der Waals surface area (Å²) in [5.74, 6) is 0. The highest BCUT2D eigenvalue weighted by atomic mass is 35.5. The lowest BCUT2D eigenvalue weighted by molar-refractivity contribution is -0.140. The van der Waals surface area contributed by atoms with E-state index in [-0.39, 0.29) is 21.8 Å². The third-order valence-corrected chi connectivity index (χ3v) is 2.82. The van der Waals surface area contributed by atoms with Crippen LogP contribution in [0.5, 0.6) is 0 Å². The van der Waals surface area contributed by atoms with Crippen LogP contribution in [0.25, 0.3) is 11.2 Å². The van der Waals surface area contributed by atoms with E-state index in [1.54, 1.807) is 0 Å². The summed E-state index contributed by atoms with van der Waals surface area (Å²) >= 11 is 5.46. The van der Waals surface area contributed by atoms with Gasteiger partial charge in [0.15, 0.2) is 11.2 Å².